The number of carbonyl (C=O) groups is 1. The molecule has 1 amide bonds. The number of unbranched alkanes of at least 4 members (excludes halogenated alkanes) is 1. The van der Waals surface area contributed by atoms with Gasteiger partial charge in [-0.3, -0.25) is 4.79 Å². The highest BCUT2D eigenvalue weighted by Crippen LogP contribution is 2.36. The SMILES string of the molecule is CC(C)(C)[C@H]1C=C(C(=O)NCC2CC2)O[C@@H](OCCCCO)C1. The first-order chi connectivity index (χ1) is 10.9. The molecule has 0 saturated heterocycles. The van der Waals surface area contributed by atoms with E-state index < -0.39 is 0 Å². The molecule has 23 heavy (non-hydrogen) atoms. The summed E-state index contributed by atoms with van der Waals surface area (Å²) in [6, 6.07) is 0. The predicted molar refractivity (Wildman–Crippen MR) is 88.5 cm³/mol. The highest BCUT2D eigenvalue weighted by Gasteiger charge is 2.34. The third kappa shape index (κ3) is 6.15. The van der Waals surface area contributed by atoms with Gasteiger partial charge in [0.25, 0.3) is 5.91 Å². The number of ether oxygens (including phenoxy) is 2. The molecule has 0 bridgehead atoms. The zero-order chi connectivity index (χ0) is 16.9. The lowest BCUT2D eigenvalue weighted by Gasteiger charge is -2.35. The molecule has 0 aromatic carbocycles. The Kier molecular flexibility index (Phi) is 6.48. The number of carbonyl (C=O) groups excluding carboxylic acids is 1. The smallest absolute Gasteiger partial charge is 0.286 e. The van der Waals surface area contributed by atoms with E-state index >= 15 is 0 Å². The molecule has 1 fully saturated rings. The van der Waals surface area contributed by atoms with Crippen LogP contribution < -0.4 is 5.32 Å². The Morgan fingerprint density at radius 1 is 1.39 bits per heavy atom. The Labute approximate surface area is 139 Å². The summed E-state index contributed by atoms with van der Waals surface area (Å²) >= 11 is 0. The zero-order valence-electron chi connectivity index (χ0n) is 14.6. The number of aliphatic hydroxyl groups is 1. The minimum Gasteiger partial charge on any atom is -0.459 e. The van der Waals surface area contributed by atoms with Crippen LogP contribution in [0, 0.1) is 17.3 Å². The molecule has 1 heterocycles. The third-order valence-electron chi connectivity index (χ3n) is 4.50. The summed E-state index contributed by atoms with van der Waals surface area (Å²) < 4.78 is 11.5. The van der Waals surface area contributed by atoms with Gasteiger partial charge >= 0.3 is 0 Å². The van der Waals surface area contributed by atoms with E-state index in [2.05, 4.69) is 26.1 Å². The van der Waals surface area contributed by atoms with E-state index in [0.717, 1.165) is 25.8 Å². The first kappa shape index (κ1) is 18.3. The fourth-order valence-corrected chi connectivity index (χ4v) is 2.60. The lowest BCUT2D eigenvalue weighted by Crippen LogP contribution is -2.37. The molecule has 0 spiro atoms. The molecule has 0 unspecified atom stereocenters. The Morgan fingerprint density at radius 3 is 2.74 bits per heavy atom. The van der Waals surface area contributed by atoms with Gasteiger partial charge in [0.2, 0.25) is 6.29 Å². The number of rotatable bonds is 8. The van der Waals surface area contributed by atoms with Gasteiger partial charge in [0.1, 0.15) is 0 Å². The molecule has 132 valence electrons. The Bertz CT molecular complexity index is 423. The maximum absolute atomic E-state index is 12.3. The number of amides is 1. The van der Waals surface area contributed by atoms with E-state index in [9.17, 15) is 4.79 Å². The van der Waals surface area contributed by atoms with Crippen molar-refractivity contribution < 1.29 is 19.4 Å². The Balaban J connectivity index is 1.93. The highest BCUT2D eigenvalue weighted by molar-refractivity contribution is 5.91. The molecule has 2 rings (SSSR count). The van der Waals surface area contributed by atoms with Crippen molar-refractivity contribution in [3.8, 4) is 0 Å². The molecule has 1 aliphatic carbocycles. The van der Waals surface area contributed by atoms with Gasteiger partial charge < -0.3 is 19.9 Å². The first-order valence-electron chi connectivity index (χ1n) is 8.79. The number of nitrogens with one attached hydrogen (secondary N) is 1. The van der Waals surface area contributed by atoms with E-state index in [1.54, 1.807) is 0 Å². The van der Waals surface area contributed by atoms with Crippen molar-refractivity contribution in [3.63, 3.8) is 0 Å². The van der Waals surface area contributed by atoms with Gasteiger partial charge in [-0.15, -0.1) is 0 Å². The molecule has 2 N–H and O–H groups in total. The number of aliphatic hydroxyl groups excluding tert-OH is 1. The van der Waals surface area contributed by atoms with Crippen molar-refractivity contribution in [1.82, 2.24) is 5.32 Å². The predicted octanol–water partition coefficient (Wildman–Crippen LogP) is 2.59. The zero-order valence-corrected chi connectivity index (χ0v) is 14.6. The molecule has 0 radical (unpaired) electrons. The second kappa shape index (κ2) is 8.15. The number of hydrogen-bond donors (Lipinski definition) is 2. The molecular formula is C18H31NO4. The summed E-state index contributed by atoms with van der Waals surface area (Å²) in [5, 5.41) is 11.8. The molecule has 1 aliphatic heterocycles. The third-order valence-corrected chi connectivity index (χ3v) is 4.50. The van der Waals surface area contributed by atoms with E-state index in [1.165, 1.54) is 12.8 Å². The van der Waals surface area contributed by atoms with Crippen LogP contribution >= 0.6 is 0 Å². The fraction of sp³-hybridized carbons (Fsp3) is 0.833. The van der Waals surface area contributed by atoms with Gasteiger partial charge in [-0.1, -0.05) is 20.8 Å². The molecule has 2 atom stereocenters. The van der Waals surface area contributed by atoms with Crippen molar-refractivity contribution in [1.29, 1.82) is 0 Å². The number of allylic oxidation sites excluding steroid dienone is 1. The molecule has 2 aliphatic rings. The first-order valence-corrected chi connectivity index (χ1v) is 8.79. The standard InChI is InChI=1S/C18H31NO4/c1-18(2,3)14-10-15(17(21)19-12-13-6-7-13)23-16(11-14)22-9-5-4-8-20/h10,13-14,16,20H,4-9,11-12H2,1-3H3,(H,19,21)/t14-,16+/m0/s1. The van der Waals surface area contributed by atoms with E-state index in [-0.39, 0.29) is 30.1 Å². The van der Waals surface area contributed by atoms with E-state index in [1.807, 2.05) is 6.08 Å². The monoisotopic (exact) mass is 325 g/mol. The molecule has 1 saturated carbocycles. The van der Waals surface area contributed by atoms with Crippen LogP contribution in [-0.2, 0) is 14.3 Å². The van der Waals surface area contributed by atoms with Crippen molar-refractivity contribution in [3.05, 3.63) is 11.8 Å². The number of hydrogen-bond acceptors (Lipinski definition) is 4. The molecular weight excluding hydrogens is 294 g/mol. The quantitative estimate of drug-likeness (QED) is 0.673. The summed E-state index contributed by atoms with van der Waals surface area (Å²) in [6.07, 6.45) is 6.26. The second-order valence-corrected chi connectivity index (χ2v) is 7.74. The average molecular weight is 325 g/mol. The largest absolute Gasteiger partial charge is 0.459 e. The minimum absolute atomic E-state index is 0.0541. The fourth-order valence-electron chi connectivity index (χ4n) is 2.60. The van der Waals surface area contributed by atoms with Crippen LogP contribution in [0.2, 0.25) is 0 Å². The summed E-state index contributed by atoms with van der Waals surface area (Å²) in [4.78, 5) is 12.3. The minimum atomic E-state index is -0.385. The van der Waals surface area contributed by atoms with Crippen LogP contribution in [0.25, 0.3) is 0 Å². The van der Waals surface area contributed by atoms with Crippen LogP contribution in [0.15, 0.2) is 11.8 Å². The van der Waals surface area contributed by atoms with E-state index in [4.69, 9.17) is 14.6 Å². The van der Waals surface area contributed by atoms with Crippen LogP contribution in [0.4, 0.5) is 0 Å². The molecule has 5 nitrogen and oxygen atoms in total. The van der Waals surface area contributed by atoms with Gasteiger partial charge in [0.05, 0.1) is 6.61 Å². The topological polar surface area (TPSA) is 67.8 Å². The second-order valence-electron chi connectivity index (χ2n) is 7.74. The van der Waals surface area contributed by atoms with Gasteiger partial charge in [0.15, 0.2) is 5.76 Å². The molecule has 0 aromatic heterocycles. The van der Waals surface area contributed by atoms with Gasteiger partial charge in [-0.05, 0) is 49.0 Å². The van der Waals surface area contributed by atoms with Crippen LogP contribution in [0.3, 0.4) is 0 Å². The summed E-state index contributed by atoms with van der Waals surface area (Å²) in [5.74, 6) is 1.15. The van der Waals surface area contributed by atoms with Crippen molar-refractivity contribution >= 4 is 5.91 Å². The van der Waals surface area contributed by atoms with Gasteiger partial charge in [-0.25, -0.2) is 0 Å². The van der Waals surface area contributed by atoms with E-state index in [0.29, 0.717) is 18.3 Å². The van der Waals surface area contributed by atoms with Crippen LogP contribution in [-0.4, -0.2) is 37.1 Å². The van der Waals surface area contributed by atoms with Gasteiger partial charge in [0, 0.05) is 19.6 Å². The Hall–Kier alpha value is -1.07. The summed E-state index contributed by atoms with van der Waals surface area (Å²) in [5.41, 5.74) is 0.0541. The van der Waals surface area contributed by atoms with Crippen molar-refractivity contribution in [2.45, 2.75) is 59.2 Å². The van der Waals surface area contributed by atoms with Crippen molar-refractivity contribution in [2.75, 3.05) is 19.8 Å². The lowest BCUT2D eigenvalue weighted by molar-refractivity contribution is -0.153. The average Bonchev–Trinajstić information content (AvgIpc) is 3.32. The normalized spacial score (nSPS) is 24.8. The maximum Gasteiger partial charge on any atom is 0.286 e. The van der Waals surface area contributed by atoms with Gasteiger partial charge in [-0.2, -0.15) is 0 Å². The van der Waals surface area contributed by atoms with Crippen LogP contribution in [0.5, 0.6) is 0 Å². The Morgan fingerprint density at radius 2 is 2.13 bits per heavy atom. The highest BCUT2D eigenvalue weighted by atomic mass is 16.7. The summed E-state index contributed by atoms with van der Waals surface area (Å²) in [7, 11) is 0. The maximum atomic E-state index is 12.3. The summed E-state index contributed by atoms with van der Waals surface area (Å²) in [6.45, 7) is 7.96. The molecule has 5 heteroatoms. The van der Waals surface area contributed by atoms with Crippen LogP contribution in [0.1, 0.15) is 52.9 Å². The lowest BCUT2D eigenvalue weighted by atomic mass is 9.77. The molecule has 0 aromatic rings. The van der Waals surface area contributed by atoms with Crippen molar-refractivity contribution in [2.24, 2.45) is 17.3 Å².